The van der Waals surface area contributed by atoms with E-state index in [0.29, 0.717) is 23.8 Å². The van der Waals surface area contributed by atoms with Crippen molar-refractivity contribution in [2.45, 2.75) is 10.6 Å². The molecule has 0 amide bonds. The van der Waals surface area contributed by atoms with E-state index in [2.05, 4.69) is 4.90 Å². The number of hydrogen-bond acceptors (Lipinski definition) is 5. The largest absolute Gasteiger partial charge is 0.330 e. The van der Waals surface area contributed by atoms with Gasteiger partial charge in [-0.1, -0.05) is 0 Å². The highest BCUT2D eigenvalue weighted by Gasteiger charge is 2.28. The molecule has 0 unspecified atom stereocenters. The number of piperazine rings is 1. The lowest BCUT2D eigenvalue weighted by molar-refractivity contribution is 0.222. The van der Waals surface area contributed by atoms with Crippen LogP contribution in [0.5, 0.6) is 0 Å². The Morgan fingerprint density at radius 1 is 1.28 bits per heavy atom. The van der Waals surface area contributed by atoms with Crippen molar-refractivity contribution < 1.29 is 8.42 Å². The van der Waals surface area contributed by atoms with E-state index >= 15 is 0 Å². The van der Waals surface area contributed by atoms with Gasteiger partial charge in [-0.25, -0.2) is 8.42 Å². The first-order valence-electron chi connectivity index (χ1n) is 6.01. The molecule has 102 valence electrons. The molecule has 1 aliphatic rings. The topological polar surface area (TPSA) is 66.6 Å². The van der Waals surface area contributed by atoms with Crippen molar-refractivity contribution in [2.24, 2.45) is 5.73 Å². The lowest BCUT2D eigenvalue weighted by Crippen LogP contribution is -2.46. The summed E-state index contributed by atoms with van der Waals surface area (Å²) in [7, 11) is -1.29. The van der Waals surface area contributed by atoms with Gasteiger partial charge in [0.05, 0.1) is 0 Å². The number of rotatable bonds is 4. The van der Waals surface area contributed by atoms with Gasteiger partial charge in [0.2, 0.25) is 0 Å². The smallest absolute Gasteiger partial charge is 0.252 e. The van der Waals surface area contributed by atoms with Gasteiger partial charge in [-0.15, -0.1) is 11.3 Å². The van der Waals surface area contributed by atoms with Crippen molar-refractivity contribution in [3.05, 3.63) is 17.0 Å². The van der Waals surface area contributed by atoms with Gasteiger partial charge >= 0.3 is 0 Å². The van der Waals surface area contributed by atoms with Gasteiger partial charge in [0.15, 0.2) is 0 Å². The molecule has 0 aromatic carbocycles. The minimum absolute atomic E-state index is 0.440. The predicted octanol–water partition coefficient (Wildman–Crippen LogP) is 0.185. The van der Waals surface area contributed by atoms with Crippen molar-refractivity contribution in [3.63, 3.8) is 0 Å². The minimum atomic E-state index is -3.30. The Kier molecular flexibility index (Phi) is 4.39. The molecule has 5 nitrogen and oxygen atoms in total. The fourth-order valence-corrected chi connectivity index (χ4v) is 4.88. The van der Waals surface area contributed by atoms with E-state index in [9.17, 15) is 8.42 Å². The maximum atomic E-state index is 12.4. The zero-order valence-electron chi connectivity index (χ0n) is 10.5. The van der Waals surface area contributed by atoms with Crippen molar-refractivity contribution in [3.8, 4) is 0 Å². The Morgan fingerprint density at radius 2 is 1.94 bits per heavy atom. The highest BCUT2D eigenvalue weighted by atomic mass is 32.2. The van der Waals surface area contributed by atoms with Crippen LogP contribution in [0, 0.1) is 0 Å². The van der Waals surface area contributed by atoms with Crippen LogP contribution in [0.3, 0.4) is 0 Å². The first kappa shape index (κ1) is 14.0. The molecule has 18 heavy (non-hydrogen) atoms. The van der Waals surface area contributed by atoms with Crippen LogP contribution < -0.4 is 5.73 Å². The molecule has 0 spiro atoms. The van der Waals surface area contributed by atoms with Crippen LogP contribution in [-0.4, -0.2) is 57.4 Å². The summed E-state index contributed by atoms with van der Waals surface area (Å²) < 4.78 is 26.8. The highest BCUT2D eigenvalue weighted by Crippen LogP contribution is 2.25. The Bertz CT molecular complexity index is 490. The molecule has 0 bridgehead atoms. The highest BCUT2D eigenvalue weighted by molar-refractivity contribution is 7.91. The number of hydrogen-bond donors (Lipinski definition) is 1. The first-order chi connectivity index (χ1) is 8.54. The molecule has 1 saturated heterocycles. The summed E-state index contributed by atoms with van der Waals surface area (Å²) in [6, 6.07) is 3.56. The van der Waals surface area contributed by atoms with Crippen LogP contribution in [0.25, 0.3) is 0 Å². The Labute approximate surface area is 112 Å². The van der Waals surface area contributed by atoms with Crippen LogP contribution in [0.1, 0.15) is 4.88 Å². The van der Waals surface area contributed by atoms with Gasteiger partial charge in [-0.05, 0) is 32.1 Å². The second-order valence-electron chi connectivity index (χ2n) is 4.47. The summed E-state index contributed by atoms with van der Waals surface area (Å²) in [5.41, 5.74) is 5.48. The molecule has 2 N–H and O–H groups in total. The maximum absolute atomic E-state index is 12.4. The summed E-state index contributed by atoms with van der Waals surface area (Å²) in [5, 5.41) is 0. The average molecular weight is 289 g/mol. The quantitative estimate of drug-likeness (QED) is 0.859. The standard InChI is InChI=1S/C11H19N3O2S2/c1-13-6-8-14(9-7-13)18(15,16)11-3-2-10(17-11)4-5-12/h2-3H,4-9,12H2,1H3. The molecule has 0 atom stereocenters. The molecule has 2 heterocycles. The van der Waals surface area contributed by atoms with Gasteiger partial charge in [0.1, 0.15) is 4.21 Å². The summed E-state index contributed by atoms with van der Waals surface area (Å²) >= 11 is 1.34. The van der Waals surface area contributed by atoms with Crippen LogP contribution in [0.2, 0.25) is 0 Å². The fourth-order valence-electron chi connectivity index (χ4n) is 1.93. The zero-order chi connectivity index (χ0) is 13.2. The van der Waals surface area contributed by atoms with Crippen molar-refractivity contribution in [1.29, 1.82) is 0 Å². The average Bonchev–Trinajstić information content (AvgIpc) is 2.79. The van der Waals surface area contributed by atoms with E-state index in [4.69, 9.17) is 5.73 Å². The number of thiophene rings is 1. The maximum Gasteiger partial charge on any atom is 0.252 e. The normalized spacial score (nSPS) is 19.2. The second-order valence-corrected chi connectivity index (χ2v) is 7.80. The zero-order valence-corrected chi connectivity index (χ0v) is 12.1. The van der Waals surface area contributed by atoms with E-state index in [-0.39, 0.29) is 0 Å². The molecule has 7 heteroatoms. The van der Waals surface area contributed by atoms with Gasteiger partial charge in [0.25, 0.3) is 10.0 Å². The summed E-state index contributed by atoms with van der Waals surface area (Å²) in [4.78, 5) is 3.17. The molecule has 1 aliphatic heterocycles. The molecule has 1 fully saturated rings. The first-order valence-corrected chi connectivity index (χ1v) is 8.27. The third-order valence-electron chi connectivity index (χ3n) is 3.08. The predicted molar refractivity (Wildman–Crippen MR) is 73.3 cm³/mol. The SMILES string of the molecule is CN1CCN(S(=O)(=O)c2ccc(CCN)s2)CC1. The molecule has 0 aliphatic carbocycles. The van der Waals surface area contributed by atoms with Gasteiger partial charge in [-0.3, -0.25) is 0 Å². The second kappa shape index (κ2) is 5.66. The number of likely N-dealkylation sites (N-methyl/N-ethyl adjacent to an activating group) is 1. The van der Waals surface area contributed by atoms with E-state index in [1.54, 1.807) is 10.4 Å². The number of sulfonamides is 1. The number of nitrogens with zero attached hydrogens (tertiary/aromatic N) is 2. The van der Waals surface area contributed by atoms with Crippen molar-refractivity contribution in [2.75, 3.05) is 39.8 Å². The van der Waals surface area contributed by atoms with Gasteiger partial charge in [0, 0.05) is 31.1 Å². The Hall–Kier alpha value is -0.470. The van der Waals surface area contributed by atoms with E-state index in [1.807, 2.05) is 13.1 Å². The minimum Gasteiger partial charge on any atom is -0.330 e. The molecule has 1 aromatic heterocycles. The molecule has 2 rings (SSSR count). The third-order valence-corrected chi connectivity index (χ3v) is 6.60. The summed E-state index contributed by atoms with van der Waals surface area (Å²) in [6.07, 6.45) is 0.739. The van der Waals surface area contributed by atoms with E-state index in [1.165, 1.54) is 11.3 Å². The molecule has 0 radical (unpaired) electrons. The van der Waals surface area contributed by atoms with Crippen molar-refractivity contribution in [1.82, 2.24) is 9.21 Å². The van der Waals surface area contributed by atoms with Gasteiger partial charge < -0.3 is 10.6 Å². The van der Waals surface area contributed by atoms with Crippen LogP contribution in [-0.2, 0) is 16.4 Å². The van der Waals surface area contributed by atoms with E-state index in [0.717, 1.165) is 24.4 Å². The van der Waals surface area contributed by atoms with Crippen LogP contribution >= 0.6 is 11.3 Å². The monoisotopic (exact) mass is 289 g/mol. The third kappa shape index (κ3) is 2.92. The summed E-state index contributed by atoms with van der Waals surface area (Å²) in [5.74, 6) is 0. The van der Waals surface area contributed by atoms with Crippen molar-refractivity contribution >= 4 is 21.4 Å². The number of nitrogens with two attached hydrogens (primary N) is 1. The molecular formula is C11H19N3O2S2. The van der Waals surface area contributed by atoms with Crippen LogP contribution in [0.4, 0.5) is 0 Å². The molecular weight excluding hydrogens is 270 g/mol. The Morgan fingerprint density at radius 3 is 2.56 bits per heavy atom. The Balaban J connectivity index is 2.14. The molecule has 0 saturated carbocycles. The van der Waals surface area contributed by atoms with E-state index < -0.39 is 10.0 Å². The molecule has 1 aromatic rings. The fraction of sp³-hybridized carbons (Fsp3) is 0.636. The lowest BCUT2D eigenvalue weighted by Gasteiger charge is -2.31. The summed E-state index contributed by atoms with van der Waals surface area (Å²) in [6.45, 7) is 3.28. The van der Waals surface area contributed by atoms with Gasteiger partial charge in [-0.2, -0.15) is 4.31 Å². The van der Waals surface area contributed by atoms with Crippen LogP contribution in [0.15, 0.2) is 16.3 Å². The lowest BCUT2D eigenvalue weighted by atomic mass is 10.3.